The van der Waals surface area contributed by atoms with Gasteiger partial charge in [0.05, 0.1) is 0 Å². The van der Waals surface area contributed by atoms with Crippen molar-refractivity contribution in [1.29, 1.82) is 0 Å². The first-order valence-electron chi connectivity index (χ1n) is 6.94. The van der Waals surface area contributed by atoms with E-state index in [4.69, 9.17) is 5.73 Å². The highest BCUT2D eigenvalue weighted by molar-refractivity contribution is 5.90. The van der Waals surface area contributed by atoms with Gasteiger partial charge in [0, 0.05) is 13.1 Å². The number of hydrogen-bond donors (Lipinski definition) is 1. The number of amides is 1. The monoisotopic (exact) mass is 262 g/mol. The van der Waals surface area contributed by atoms with Gasteiger partial charge in [0.15, 0.2) is 11.5 Å². The number of hydrogen-bond acceptors (Lipinski definition) is 4. The summed E-state index contributed by atoms with van der Waals surface area (Å²) in [4.78, 5) is 13.2. The predicted molar refractivity (Wildman–Crippen MR) is 74.9 cm³/mol. The van der Waals surface area contributed by atoms with Crippen LogP contribution in [0.5, 0.6) is 0 Å². The zero-order chi connectivity index (χ0) is 13.8. The molecule has 2 N–H and O–H groups in total. The van der Waals surface area contributed by atoms with E-state index in [0.717, 1.165) is 30.7 Å². The Morgan fingerprint density at radius 1 is 1.37 bits per heavy atom. The number of carbonyl (C=O) groups is 1. The van der Waals surface area contributed by atoms with Gasteiger partial charge < -0.3 is 10.6 Å². The molecule has 1 aliphatic rings. The molecule has 0 radical (unpaired) electrons. The van der Waals surface area contributed by atoms with Gasteiger partial charge in [-0.05, 0) is 43.2 Å². The average Bonchev–Trinajstić information content (AvgIpc) is 2.39. The van der Waals surface area contributed by atoms with Crippen LogP contribution >= 0.6 is 0 Å². The van der Waals surface area contributed by atoms with E-state index in [9.17, 15) is 4.79 Å². The van der Waals surface area contributed by atoms with E-state index in [1.807, 2.05) is 6.07 Å². The zero-order valence-electron chi connectivity index (χ0n) is 11.7. The number of carbonyl (C=O) groups excluding carboxylic acids is 1. The normalized spacial score (nSPS) is 16.9. The molecule has 1 fully saturated rings. The number of nitrogens with zero attached hydrogens (tertiary/aromatic N) is 3. The molecule has 1 amide bonds. The van der Waals surface area contributed by atoms with Gasteiger partial charge in [-0.25, -0.2) is 0 Å². The Balaban J connectivity index is 1.92. The molecule has 19 heavy (non-hydrogen) atoms. The van der Waals surface area contributed by atoms with Crippen molar-refractivity contribution in [2.45, 2.75) is 33.1 Å². The highest BCUT2D eigenvalue weighted by Gasteiger charge is 2.21. The molecule has 5 heteroatoms. The summed E-state index contributed by atoms with van der Waals surface area (Å²) in [6.07, 6.45) is 3.72. The topological polar surface area (TPSA) is 72.1 Å². The number of nitrogens with two attached hydrogens (primary N) is 1. The Morgan fingerprint density at radius 2 is 2.05 bits per heavy atom. The lowest BCUT2D eigenvalue weighted by Gasteiger charge is -2.33. The van der Waals surface area contributed by atoms with Crippen molar-refractivity contribution >= 4 is 11.7 Å². The molecular weight excluding hydrogens is 240 g/mol. The summed E-state index contributed by atoms with van der Waals surface area (Å²) in [5.41, 5.74) is 5.37. The first-order chi connectivity index (χ1) is 9.06. The SMILES string of the molecule is CC(C)CC1CCN(c2ccc(C(N)=O)nn2)CC1. The summed E-state index contributed by atoms with van der Waals surface area (Å²) in [6.45, 7) is 6.59. The maximum atomic E-state index is 10.9. The Bertz CT molecular complexity index is 422. The van der Waals surface area contributed by atoms with Crippen molar-refractivity contribution in [2.75, 3.05) is 18.0 Å². The second kappa shape index (κ2) is 5.99. The number of anilines is 1. The molecule has 0 atom stereocenters. The molecule has 0 bridgehead atoms. The van der Waals surface area contributed by atoms with Gasteiger partial charge in [-0.2, -0.15) is 0 Å². The molecule has 2 rings (SSSR count). The second-order valence-corrected chi connectivity index (χ2v) is 5.70. The number of piperidine rings is 1. The summed E-state index contributed by atoms with van der Waals surface area (Å²) in [7, 11) is 0. The lowest BCUT2D eigenvalue weighted by molar-refractivity contribution is 0.0994. The van der Waals surface area contributed by atoms with E-state index in [2.05, 4.69) is 28.9 Å². The fourth-order valence-electron chi connectivity index (χ4n) is 2.69. The first-order valence-corrected chi connectivity index (χ1v) is 6.94. The van der Waals surface area contributed by atoms with Crippen molar-refractivity contribution in [1.82, 2.24) is 10.2 Å². The molecular formula is C14H22N4O. The predicted octanol–water partition coefficient (Wildman–Crippen LogP) is 1.84. The molecule has 0 spiro atoms. The Kier molecular flexibility index (Phi) is 4.35. The van der Waals surface area contributed by atoms with E-state index in [0.29, 0.717) is 0 Å². The molecule has 0 aliphatic carbocycles. The lowest BCUT2D eigenvalue weighted by atomic mass is 9.89. The van der Waals surface area contributed by atoms with Crippen LogP contribution in [-0.4, -0.2) is 29.2 Å². The second-order valence-electron chi connectivity index (χ2n) is 5.70. The van der Waals surface area contributed by atoms with Crippen molar-refractivity contribution in [3.8, 4) is 0 Å². The van der Waals surface area contributed by atoms with Crippen LogP contribution in [0.3, 0.4) is 0 Å². The standard InChI is InChI=1S/C14H22N4O/c1-10(2)9-11-5-7-18(8-6-11)13-4-3-12(14(15)19)16-17-13/h3-4,10-11H,5-9H2,1-2H3,(H2,15,19). The van der Waals surface area contributed by atoms with Crippen LogP contribution in [0.2, 0.25) is 0 Å². The summed E-state index contributed by atoms with van der Waals surface area (Å²) < 4.78 is 0. The number of primary amides is 1. The maximum Gasteiger partial charge on any atom is 0.269 e. The van der Waals surface area contributed by atoms with Gasteiger partial charge in [0.25, 0.3) is 5.91 Å². The third-order valence-electron chi connectivity index (χ3n) is 3.65. The van der Waals surface area contributed by atoms with Crippen LogP contribution in [0.25, 0.3) is 0 Å². The molecule has 0 unspecified atom stereocenters. The molecule has 104 valence electrons. The molecule has 0 aromatic carbocycles. The lowest BCUT2D eigenvalue weighted by Crippen LogP contribution is -2.34. The molecule has 1 aliphatic heterocycles. The van der Waals surface area contributed by atoms with E-state index < -0.39 is 5.91 Å². The molecule has 5 nitrogen and oxygen atoms in total. The third kappa shape index (κ3) is 3.66. The summed E-state index contributed by atoms with van der Waals surface area (Å²) in [5.74, 6) is 1.91. The molecule has 1 aromatic heterocycles. The highest BCUT2D eigenvalue weighted by atomic mass is 16.1. The minimum atomic E-state index is -0.533. The molecule has 1 saturated heterocycles. The Morgan fingerprint density at radius 3 is 2.53 bits per heavy atom. The van der Waals surface area contributed by atoms with E-state index in [1.165, 1.54) is 19.3 Å². The fraction of sp³-hybridized carbons (Fsp3) is 0.643. The van der Waals surface area contributed by atoms with Gasteiger partial charge in [0.2, 0.25) is 0 Å². The maximum absolute atomic E-state index is 10.9. The Labute approximate surface area is 114 Å². The van der Waals surface area contributed by atoms with Crippen LogP contribution in [-0.2, 0) is 0 Å². The Hall–Kier alpha value is -1.65. The van der Waals surface area contributed by atoms with Crippen LogP contribution in [0.4, 0.5) is 5.82 Å². The van der Waals surface area contributed by atoms with Crippen LogP contribution < -0.4 is 10.6 Å². The van der Waals surface area contributed by atoms with Crippen LogP contribution in [0.15, 0.2) is 12.1 Å². The largest absolute Gasteiger partial charge is 0.364 e. The molecule has 1 aromatic rings. The average molecular weight is 262 g/mol. The van der Waals surface area contributed by atoms with Gasteiger partial charge in [-0.3, -0.25) is 4.79 Å². The fourth-order valence-corrected chi connectivity index (χ4v) is 2.69. The third-order valence-corrected chi connectivity index (χ3v) is 3.65. The van der Waals surface area contributed by atoms with Crippen molar-refractivity contribution in [2.24, 2.45) is 17.6 Å². The highest BCUT2D eigenvalue weighted by Crippen LogP contribution is 2.26. The first kappa shape index (κ1) is 13.8. The van der Waals surface area contributed by atoms with E-state index >= 15 is 0 Å². The van der Waals surface area contributed by atoms with Gasteiger partial charge in [0.1, 0.15) is 0 Å². The quantitative estimate of drug-likeness (QED) is 0.898. The van der Waals surface area contributed by atoms with Crippen molar-refractivity contribution in [3.05, 3.63) is 17.8 Å². The molecule has 2 heterocycles. The minimum absolute atomic E-state index is 0.221. The van der Waals surface area contributed by atoms with Gasteiger partial charge in [-0.1, -0.05) is 13.8 Å². The summed E-state index contributed by atoms with van der Waals surface area (Å²) in [6, 6.07) is 3.47. The zero-order valence-corrected chi connectivity index (χ0v) is 11.7. The van der Waals surface area contributed by atoms with E-state index in [-0.39, 0.29) is 5.69 Å². The van der Waals surface area contributed by atoms with Gasteiger partial charge in [-0.15, -0.1) is 10.2 Å². The molecule has 0 saturated carbocycles. The number of rotatable bonds is 4. The minimum Gasteiger partial charge on any atom is -0.364 e. The van der Waals surface area contributed by atoms with Gasteiger partial charge >= 0.3 is 0 Å². The number of aromatic nitrogens is 2. The van der Waals surface area contributed by atoms with Crippen molar-refractivity contribution < 1.29 is 4.79 Å². The smallest absolute Gasteiger partial charge is 0.269 e. The summed E-state index contributed by atoms with van der Waals surface area (Å²) in [5, 5.41) is 7.94. The van der Waals surface area contributed by atoms with Crippen LogP contribution in [0.1, 0.15) is 43.6 Å². The van der Waals surface area contributed by atoms with E-state index in [1.54, 1.807) is 6.07 Å². The van der Waals surface area contributed by atoms with Crippen molar-refractivity contribution in [3.63, 3.8) is 0 Å². The van der Waals surface area contributed by atoms with Crippen LogP contribution in [0, 0.1) is 11.8 Å². The summed E-state index contributed by atoms with van der Waals surface area (Å²) >= 11 is 0.